The Morgan fingerprint density at radius 2 is 1.72 bits per heavy atom. The quantitative estimate of drug-likeness (QED) is 0.341. The molecule has 4 unspecified atom stereocenters. The van der Waals surface area contributed by atoms with Gasteiger partial charge in [0.2, 0.25) is 0 Å². The van der Waals surface area contributed by atoms with Gasteiger partial charge in [0.05, 0.1) is 11.5 Å². The minimum absolute atomic E-state index is 0.0507. The van der Waals surface area contributed by atoms with Gasteiger partial charge in [0.25, 0.3) is 0 Å². The molecule has 2 saturated carbocycles. The summed E-state index contributed by atoms with van der Waals surface area (Å²) in [4.78, 5) is 12.5. The van der Waals surface area contributed by atoms with E-state index in [0.717, 1.165) is 25.7 Å². The molecule has 0 amide bonds. The maximum Gasteiger partial charge on any atom is 0.314 e. The van der Waals surface area contributed by atoms with Crippen molar-refractivity contribution in [2.24, 2.45) is 35.0 Å². The normalized spacial score (nSPS) is 35.2. The van der Waals surface area contributed by atoms with E-state index < -0.39 is 0 Å². The summed E-state index contributed by atoms with van der Waals surface area (Å²) in [7, 11) is 0. The van der Waals surface area contributed by atoms with Gasteiger partial charge >= 0.3 is 5.97 Å². The van der Waals surface area contributed by atoms with Crippen LogP contribution >= 0.6 is 0 Å². The molecule has 0 N–H and O–H groups in total. The van der Waals surface area contributed by atoms with Crippen LogP contribution in [0.1, 0.15) is 74.1 Å². The third-order valence-electron chi connectivity index (χ3n) is 5.94. The molecule has 0 aromatic heterocycles. The summed E-state index contributed by atoms with van der Waals surface area (Å²) < 4.78 is 11.6. The smallest absolute Gasteiger partial charge is 0.314 e. The van der Waals surface area contributed by atoms with Crippen LogP contribution in [0.15, 0.2) is 11.6 Å². The third-order valence-corrected chi connectivity index (χ3v) is 5.94. The molecule has 0 aromatic rings. The second-order valence-electron chi connectivity index (χ2n) is 9.47. The van der Waals surface area contributed by atoms with Crippen LogP contribution in [0.2, 0.25) is 0 Å². The highest BCUT2D eigenvalue weighted by Crippen LogP contribution is 2.57. The zero-order valence-electron chi connectivity index (χ0n) is 17.3. The summed E-state index contributed by atoms with van der Waals surface area (Å²) >= 11 is 0. The number of esters is 1. The van der Waals surface area contributed by atoms with Gasteiger partial charge in [0, 0.05) is 0 Å². The van der Waals surface area contributed by atoms with E-state index in [-0.39, 0.29) is 24.3 Å². The van der Waals surface area contributed by atoms with Crippen LogP contribution in [-0.2, 0) is 14.3 Å². The topological polar surface area (TPSA) is 35.5 Å². The summed E-state index contributed by atoms with van der Waals surface area (Å²) in [5.74, 6) is 2.45. The van der Waals surface area contributed by atoms with Crippen LogP contribution in [-0.4, -0.2) is 18.9 Å². The Kier molecular flexibility index (Phi) is 6.75. The number of hydrogen-bond donors (Lipinski definition) is 0. The molecule has 0 aliphatic heterocycles. The van der Waals surface area contributed by atoms with Gasteiger partial charge in [-0.3, -0.25) is 4.79 Å². The Hall–Kier alpha value is -0.830. The molecule has 2 aliphatic carbocycles. The molecule has 2 aliphatic rings. The van der Waals surface area contributed by atoms with E-state index in [1.54, 1.807) is 5.57 Å². The zero-order chi connectivity index (χ0) is 18.8. The molecular formula is C22H38O3. The van der Waals surface area contributed by atoms with Gasteiger partial charge in [-0.05, 0) is 55.3 Å². The fraction of sp³-hybridized carbons (Fsp3) is 0.864. The summed E-state index contributed by atoms with van der Waals surface area (Å²) in [6, 6.07) is 0. The van der Waals surface area contributed by atoms with Crippen LogP contribution in [0.4, 0.5) is 0 Å². The molecule has 0 bridgehead atoms. The van der Waals surface area contributed by atoms with Crippen LogP contribution in [0.3, 0.4) is 0 Å². The summed E-state index contributed by atoms with van der Waals surface area (Å²) in [6.45, 7) is 15.6. The highest BCUT2D eigenvalue weighted by Gasteiger charge is 2.58. The van der Waals surface area contributed by atoms with E-state index in [0.29, 0.717) is 29.6 Å². The van der Waals surface area contributed by atoms with E-state index in [1.165, 1.54) is 0 Å². The first-order valence-electron chi connectivity index (χ1n) is 10.1. The lowest BCUT2D eigenvalue weighted by Crippen LogP contribution is -2.35. The Morgan fingerprint density at radius 3 is 2.16 bits per heavy atom. The van der Waals surface area contributed by atoms with Crippen molar-refractivity contribution in [2.45, 2.75) is 80.3 Å². The van der Waals surface area contributed by atoms with Gasteiger partial charge in [-0.25, -0.2) is 0 Å². The number of allylic oxidation sites excluding steroid dienone is 2. The second kappa shape index (κ2) is 8.24. The van der Waals surface area contributed by atoms with E-state index in [1.807, 2.05) is 0 Å². The van der Waals surface area contributed by atoms with E-state index >= 15 is 0 Å². The molecule has 0 saturated heterocycles. The summed E-state index contributed by atoms with van der Waals surface area (Å²) in [6.07, 6.45) is 6.64. The SMILES string of the molecule is CC(C)C=C1CC(C)C(OCOC(=O)C2(CC(C)C)CC2C)C(C)C1. The predicted molar refractivity (Wildman–Crippen MR) is 102 cm³/mol. The molecule has 3 heteroatoms. The number of hydrogen-bond acceptors (Lipinski definition) is 3. The standard InChI is InChI=1S/C22H38O3/c1-14(2)8-19-9-16(5)20(17(6)10-19)24-13-25-21(23)22(11-15(3)4)12-18(22)7/h8,14-18,20H,9-13H2,1-7H3. The molecule has 3 nitrogen and oxygen atoms in total. The lowest BCUT2D eigenvalue weighted by molar-refractivity contribution is -0.175. The Labute approximate surface area is 154 Å². The van der Waals surface area contributed by atoms with Gasteiger partial charge in [0.1, 0.15) is 0 Å². The molecule has 25 heavy (non-hydrogen) atoms. The van der Waals surface area contributed by atoms with Crippen LogP contribution in [0, 0.1) is 35.0 Å². The number of carbonyl (C=O) groups is 1. The Balaban J connectivity index is 1.83. The van der Waals surface area contributed by atoms with Crippen molar-refractivity contribution in [2.75, 3.05) is 6.79 Å². The van der Waals surface area contributed by atoms with Gasteiger partial charge in [0.15, 0.2) is 6.79 Å². The van der Waals surface area contributed by atoms with Gasteiger partial charge < -0.3 is 9.47 Å². The fourth-order valence-corrected chi connectivity index (χ4v) is 4.82. The first-order valence-corrected chi connectivity index (χ1v) is 10.1. The molecule has 0 heterocycles. The van der Waals surface area contributed by atoms with Crippen molar-refractivity contribution in [3.8, 4) is 0 Å². The van der Waals surface area contributed by atoms with Gasteiger partial charge in [-0.1, -0.05) is 60.1 Å². The second-order valence-corrected chi connectivity index (χ2v) is 9.47. The molecule has 144 valence electrons. The molecule has 0 radical (unpaired) electrons. The minimum atomic E-state index is -0.242. The molecule has 2 rings (SSSR count). The lowest BCUT2D eigenvalue weighted by atomic mass is 9.77. The van der Waals surface area contributed by atoms with Crippen molar-refractivity contribution in [3.63, 3.8) is 0 Å². The van der Waals surface area contributed by atoms with E-state index in [2.05, 4.69) is 54.5 Å². The minimum Gasteiger partial charge on any atom is -0.438 e. The van der Waals surface area contributed by atoms with Crippen LogP contribution in [0.5, 0.6) is 0 Å². The van der Waals surface area contributed by atoms with Crippen LogP contribution < -0.4 is 0 Å². The molecule has 0 aromatic carbocycles. The van der Waals surface area contributed by atoms with Crippen molar-refractivity contribution < 1.29 is 14.3 Å². The number of ether oxygens (including phenoxy) is 2. The zero-order valence-corrected chi connectivity index (χ0v) is 17.3. The van der Waals surface area contributed by atoms with Crippen molar-refractivity contribution in [1.29, 1.82) is 0 Å². The first-order chi connectivity index (χ1) is 11.7. The fourth-order valence-electron chi connectivity index (χ4n) is 4.82. The van der Waals surface area contributed by atoms with Gasteiger partial charge in [-0.2, -0.15) is 0 Å². The maximum absolute atomic E-state index is 12.5. The molecule has 0 spiro atoms. The summed E-state index contributed by atoms with van der Waals surface area (Å²) in [5.41, 5.74) is 1.31. The van der Waals surface area contributed by atoms with Crippen molar-refractivity contribution in [1.82, 2.24) is 0 Å². The van der Waals surface area contributed by atoms with E-state index in [9.17, 15) is 4.79 Å². The summed E-state index contributed by atoms with van der Waals surface area (Å²) in [5, 5.41) is 0. The monoisotopic (exact) mass is 350 g/mol. The van der Waals surface area contributed by atoms with Gasteiger partial charge in [-0.15, -0.1) is 0 Å². The number of rotatable bonds is 7. The molecule has 4 atom stereocenters. The number of carbonyl (C=O) groups excluding carboxylic acids is 1. The van der Waals surface area contributed by atoms with E-state index in [4.69, 9.17) is 9.47 Å². The van der Waals surface area contributed by atoms with Crippen LogP contribution in [0.25, 0.3) is 0 Å². The molecular weight excluding hydrogens is 312 g/mol. The van der Waals surface area contributed by atoms with Crippen molar-refractivity contribution >= 4 is 5.97 Å². The average Bonchev–Trinajstić information content (AvgIpc) is 3.11. The lowest BCUT2D eigenvalue weighted by Gasteiger charge is -2.36. The molecule has 2 fully saturated rings. The average molecular weight is 351 g/mol. The first kappa shape index (κ1) is 20.5. The Bertz CT molecular complexity index is 480. The highest BCUT2D eigenvalue weighted by atomic mass is 16.7. The van der Waals surface area contributed by atoms with Crippen molar-refractivity contribution in [3.05, 3.63) is 11.6 Å². The maximum atomic E-state index is 12.5. The highest BCUT2D eigenvalue weighted by molar-refractivity contribution is 5.80. The largest absolute Gasteiger partial charge is 0.438 e. The Morgan fingerprint density at radius 1 is 1.16 bits per heavy atom. The predicted octanol–water partition coefficient (Wildman–Crippen LogP) is 5.59. The third kappa shape index (κ3) is 5.09.